The van der Waals surface area contributed by atoms with E-state index in [0.717, 1.165) is 11.1 Å². The summed E-state index contributed by atoms with van der Waals surface area (Å²) in [6.45, 7) is 9.00. The van der Waals surface area contributed by atoms with Crippen molar-refractivity contribution in [3.8, 4) is 11.5 Å². The number of carbonyl (C=O) groups is 3. The van der Waals surface area contributed by atoms with Crippen molar-refractivity contribution in [2.24, 2.45) is 0 Å². The average molecular weight is 588 g/mol. The first kappa shape index (κ1) is 29.2. The molecule has 0 atom stereocenters. The third kappa shape index (κ3) is 5.85. The van der Waals surface area contributed by atoms with Crippen LogP contribution in [0.25, 0.3) is 0 Å². The minimum atomic E-state index is -0.272. The van der Waals surface area contributed by atoms with E-state index in [9.17, 15) is 14.4 Å². The van der Waals surface area contributed by atoms with Gasteiger partial charge >= 0.3 is 0 Å². The van der Waals surface area contributed by atoms with Crippen molar-refractivity contribution in [3.05, 3.63) is 52.1 Å². The van der Waals surface area contributed by atoms with E-state index in [4.69, 9.17) is 14.9 Å². The summed E-state index contributed by atoms with van der Waals surface area (Å²) in [5, 5.41) is 14.5. The molecule has 38 heavy (non-hydrogen) atoms. The third-order valence-corrected chi connectivity index (χ3v) is 6.73. The molecule has 2 aromatic rings. The van der Waals surface area contributed by atoms with Gasteiger partial charge in [-0.1, -0.05) is 13.8 Å². The largest absolute Gasteiger partial charge is 0.494 e. The van der Waals surface area contributed by atoms with Crippen molar-refractivity contribution >= 4 is 46.0 Å². The monoisotopic (exact) mass is 586 g/mol. The first-order valence-corrected chi connectivity index (χ1v) is 12.4. The van der Waals surface area contributed by atoms with Crippen molar-refractivity contribution in [1.29, 1.82) is 5.41 Å². The summed E-state index contributed by atoms with van der Waals surface area (Å²) in [5.74, 6) is 1.24. The van der Waals surface area contributed by atoms with Gasteiger partial charge in [0.25, 0.3) is 0 Å². The predicted molar refractivity (Wildman–Crippen MR) is 151 cm³/mol. The Labute approximate surface area is 233 Å². The Kier molecular flexibility index (Phi) is 8.86. The van der Waals surface area contributed by atoms with Crippen LogP contribution in [0.3, 0.4) is 0 Å². The Balaban J connectivity index is 0.00000400. The first-order valence-electron chi connectivity index (χ1n) is 12.4. The van der Waals surface area contributed by atoms with Crippen LogP contribution < -0.4 is 20.1 Å². The Morgan fingerprint density at radius 1 is 1.18 bits per heavy atom. The number of ketones is 2. The summed E-state index contributed by atoms with van der Waals surface area (Å²) >= 11 is 0. The molecule has 4 rings (SSSR count). The molecule has 1 amide bonds. The summed E-state index contributed by atoms with van der Waals surface area (Å²) < 4.78 is 11.7. The number of amides is 1. The van der Waals surface area contributed by atoms with Crippen LogP contribution in [0.1, 0.15) is 60.3 Å². The van der Waals surface area contributed by atoms with Crippen LogP contribution in [0.4, 0.5) is 5.69 Å². The van der Waals surface area contributed by atoms with Crippen molar-refractivity contribution in [2.45, 2.75) is 46.1 Å². The van der Waals surface area contributed by atoms with Crippen molar-refractivity contribution in [2.75, 3.05) is 38.7 Å². The van der Waals surface area contributed by atoms with Gasteiger partial charge in [-0.2, -0.15) is 0 Å². The number of fused-ring (bicyclic) bond motifs is 2. The number of anilines is 1. The van der Waals surface area contributed by atoms with Crippen LogP contribution in [-0.4, -0.2) is 61.6 Å². The van der Waals surface area contributed by atoms with E-state index in [2.05, 4.69) is 24.5 Å². The lowest BCUT2D eigenvalue weighted by Crippen LogP contribution is -2.30. The molecule has 0 radical (unpaired) electrons. The number of ether oxygens (including phenoxy) is 2. The molecular formula is C28H35BrN4O5. The maximum atomic E-state index is 13.5. The average Bonchev–Trinajstić information content (AvgIpc) is 3.32. The highest BCUT2D eigenvalue weighted by molar-refractivity contribution is 8.93. The Morgan fingerprint density at radius 3 is 2.58 bits per heavy atom. The van der Waals surface area contributed by atoms with Crippen LogP contribution in [-0.2, 0) is 28.0 Å². The minimum Gasteiger partial charge on any atom is -0.494 e. The maximum Gasteiger partial charge on any atom is 0.224 e. The molecule has 2 heterocycles. The Bertz CT molecular complexity index is 1290. The lowest BCUT2D eigenvalue weighted by Gasteiger charge is -2.20. The molecule has 2 aliphatic heterocycles. The normalized spacial score (nSPS) is 14.7. The molecule has 2 aromatic carbocycles. The van der Waals surface area contributed by atoms with E-state index in [1.807, 2.05) is 25.1 Å². The van der Waals surface area contributed by atoms with Crippen molar-refractivity contribution in [3.63, 3.8) is 0 Å². The van der Waals surface area contributed by atoms with E-state index in [1.54, 1.807) is 18.0 Å². The van der Waals surface area contributed by atoms with Gasteiger partial charge in [-0.3, -0.25) is 19.8 Å². The molecule has 0 fully saturated rings. The Morgan fingerprint density at radius 2 is 1.92 bits per heavy atom. The standard InChI is InChI=1S/C28H34N4O5.BrH/c1-6-36-24-10-19-13-32(27(29)20(19)7-18(24)11-25(35)30-5)14-23(34)17-8-21-26(37-15-28(21,3)4)22(9-17)31-12-16(2)33;/h7-10,29,31H,6,11-15H2,1-5H3,(H,30,35);1H. The van der Waals surface area contributed by atoms with Gasteiger partial charge in [-0.25, -0.2) is 0 Å². The molecule has 0 unspecified atom stereocenters. The molecule has 0 bridgehead atoms. The summed E-state index contributed by atoms with van der Waals surface area (Å²) in [4.78, 5) is 38.8. The molecule has 204 valence electrons. The van der Waals surface area contributed by atoms with E-state index in [1.165, 1.54) is 6.92 Å². The molecule has 9 nitrogen and oxygen atoms in total. The van der Waals surface area contributed by atoms with Gasteiger partial charge in [0.1, 0.15) is 23.1 Å². The number of Topliss-reactive ketones (excluding diaryl/α,β-unsaturated/α-hetero) is 2. The SMILES string of the molecule is Br.CCOc1cc2c(cc1CC(=O)NC)C(=N)N(CC(=O)c1cc(NCC(C)=O)c3c(c1)C(C)(C)CO3)C2. The molecule has 0 spiro atoms. The van der Waals surface area contributed by atoms with Gasteiger partial charge < -0.3 is 25.0 Å². The zero-order valence-electron chi connectivity index (χ0n) is 22.4. The second-order valence-corrected chi connectivity index (χ2v) is 10.2. The number of hydrogen-bond acceptors (Lipinski definition) is 7. The number of hydrogen-bond donors (Lipinski definition) is 3. The molecule has 0 aliphatic carbocycles. The second kappa shape index (κ2) is 11.6. The smallest absolute Gasteiger partial charge is 0.224 e. The van der Waals surface area contributed by atoms with Crippen LogP contribution in [0.2, 0.25) is 0 Å². The van der Waals surface area contributed by atoms with Crippen molar-refractivity contribution in [1.82, 2.24) is 10.2 Å². The number of halogens is 1. The second-order valence-electron chi connectivity index (χ2n) is 10.2. The summed E-state index contributed by atoms with van der Waals surface area (Å²) in [6.07, 6.45) is 0.147. The minimum absolute atomic E-state index is 0. The molecule has 10 heteroatoms. The quantitative estimate of drug-likeness (QED) is 0.363. The van der Waals surface area contributed by atoms with E-state index < -0.39 is 0 Å². The molecule has 0 aromatic heterocycles. The van der Waals surface area contributed by atoms with Gasteiger partial charge in [0, 0.05) is 41.3 Å². The highest BCUT2D eigenvalue weighted by Gasteiger charge is 2.35. The van der Waals surface area contributed by atoms with Gasteiger partial charge in [-0.15, -0.1) is 17.0 Å². The number of likely N-dealkylation sites (N-methyl/N-ethyl adjacent to an activating group) is 1. The van der Waals surface area contributed by atoms with Crippen LogP contribution in [0.5, 0.6) is 11.5 Å². The summed E-state index contributed by atoms with van der Waals surface area (Å²) in [6, 6.07) is 7.29. The maximum absolute atomic E-state index is 13.5. The number of rotatable bonds is 10. The van der Waals surface area contributed by atoms with E-state index in [0.29, 0.717) is 53.6 Å². The van der Waals surface area contributed by atoms with E-state index in [-0.39, 0.29) is 65.2 Å². The number of nitrogens with one attached hydrogen (secondary N) is 3. The van der Waals surface area contributed by atoms with Gasteiger partial charge in [0.2, 0.25) is 5.91 Å². The molecular weight excluding hydrogens is 552 g/mol. The number of amidine groups is 1. The molecule has 2 aliphatic rings. The molecule has 0 saturated heterocycles. The number of benzene rings is 2. The lowest BCUT2D eigenvalue weighted by molar-refractivity contribution is -0.120. The lowest BCUT2D eigenvalue weighted by atomic mass is 9.85. The number of nitrogens with zero attached hydrogens (tertiary/aromatic N) is 1. The highest BCUT2D eigenvalue weighted by atomic mass is 79.9. The number of carbonyl (C=O) groups excluding carboxylic acids is 3. The Hall–Kier alpha value is -3.40. The summed E-state index contributed by atoms with van der Waals surface area (Å²) in [7, 11) is 1.58. The van der Waals surface area contributed by atoms with Crippen LogP contribution in [0, 0.1) is 5.41 Å². The first-order chi connectivity index (χ1) is 17.5. The van der Waals surface area contributed by atoms with Crippen LogP contribution >= 0.6 is 17.0 Å². The fourth-order valence-electron chi connectivity index (χ4n) is 4.69. The van der Waals surface area contributed by atoms with Crippen molar-refractivity contribution < 1.29 is 23.9 Å². The zero-order valence-corrected chi connectivity index (χ0v) is 24.2. The van der Waals surface area contributed by atoms with Gasteiger partial charge in [0.15, 0.2) is 5.78 Å². The van der Waals surface area contributed by atoms with Crippen LogP contribution in [0.15, 0.2) is 24.3 Å². The topological polar surface area (TPSA) is 121 Å². The predicted octanol–water partition coefficient (Wildman–Crippen LogP) is 3.65. The van der Waals surface area contributed by atoms with E-state index >= 15 is 0 Å². The fraction of sp³-hybridized carbons (Fsp3) is 0.429. The fourth-order valence-corrected chi connectivity index (χ4v) is 4.69. The molecule has 0 saturated carbocycles. The zero-order chi connectivity index (χ0) is 26.9. The third-order valence-electron chi connectivity index (χ3n) is 6.73. The summed E-state index contributed by atoms with van der Waals surface area (Å²) in [5.41, 5.74) is 4.07. The highest BCUT2D eigenvalue weighted by Crippen LogP contribution is 2.44. The molecule has 3 N–H and O–H groups in total. The van der Waals surface area contributed by atoms with Gasteiger partial charge in [0.05, 0.1) is 38.4 Å². The van der Waals surface area contributed by atoms with Gasteiger partial charge in [-0.05, 0) is 43.7 Å².